The highest BCUT2D eigenvalue weighted by molar-refractivity contribution is 6.00. The fourth-order valence-corrected chi connectivity index (χ4v) is 1.72. The fraction of sp³-hybridized carbons (Fsp3) is 0.700. The lowest BCUT2D eigenvalue weighted by Crippen LogP contribution is -2.54. The average Bonchev–Trinajstić information content (AvgIpc) is 2.26. The van der Waals surface area contributed by atoms with E-state index in [9.17, 15) is 27.6 Å². The van der Waals surface area contributed by atoms with E-state index in [1.54, 1.807) is 5.32 Å². The van der Waals surface area contributed by atoms with E-state index in [0.717, 1.165) is 0 Å². The molecule has 2 amide bonds. The van der Waals surface area contributed by atoms with Crippen molar-refractivity contribution in [3.05, 3.63) is 0 Å². The van der Waals surface area contributed by atoms with E-state index < -0.39 is 35.9 Å². The Bertz CT molecular complexity index is 383. The predicted octanol–water partition coefficient (Wildman–Crippen LogP) is 0.0344. The van der Waals surface area contributed by atoms with Gasteiger partial charge in [-0.1, -0.05) is 0 Å². The molecule has 6 nitrogen and oxygen atoms in total. The van der Waals surface area contributed by atoms with Crippen LogP contribution in [0.3, 0.4) is 0 Å². The van der Waals surface area contributed by atoms with E-state index in [4.69, 9.17) is 5.11 Å². The molecule has 0 aliphatic carbocycles. The minimum Gasteiger partial charge on any atom is -0.481 e. The topological polar surface area (TPSA) is 95.5 Å². The number of hydrogen-bond acceptors (Lipinski definition) is 3. The summed E-state index contributed by atoms with van der Waals surface area (Å²) in [6.45, 7) is -0.166. The van der Waals surface area contributed by atoms with Crippen LogP contribution in [0.2, 0.25) is 0 Å². The number of aliphatic carboxylic acids is 1. The summed E-state index contributed by atoms with van der Waals surface area (Å²) in [4.78, 5) is 33.1. The van der Waals surface area contributed by atoms with Gasteiger partial charge in [-0.2, -0.15) is 13.2 Å². The van der Waals surface area contributed by atoms with Crippen molar-refractivity contribution >= 4 is 17.8 Å². The van der Waals surface area contributed by atoms with Crippen molar-refractivity contribution in [2.75, 3.05) is 6.54 Å². The first-order valence-corrected chi connectivity index (χ1v) is 5.58. The van der Waals surface area contributed by atoms with Gasteiger partial charge in [-0.25, -0.2) is 0 Å². The molecule has 0 unspecified atom stereocenters. The number of amides is 2. The van der Waals surface area contributed by atoms with Crippen molar-refractivity contribution in [1.82, 2.24) is 10.6 Å². The van der Waals surface area contributed by atoms with Gasteiger partial charge in [0.15, 0.2) is 0 Å². The highest BCUT2D eigenvalue weighted by Gasteiger charge is 2.45. The maximum Gasteiger partial charge on any atom is 0.408 e. The SMILES string of the molecule is O=C(O)CCNC(=O)[C@@H]1CC[C@@H](C(F)(F)F)NC1=O. The Balaban J connectivity index is 2.47. The summed E-state index contributed by atoms with van der Waals surface area (Å²) in [5, 5.41) is 12.3. The third kappa shape index (κ3) is 4.42. The molecule has 1 fully saturated rings. The zero-order valence-corrected chi connectivity index (χ0v) is 9.79. The second-order valence-electron chi connectivity index (χ2n) is 4.17. The van der Waals surface area contributed by atoms with Crippen molar-refractivity contribution in [1.29, 1.82) is 0 Å². The smallest absolute Gasteiger partial charge is 0.408 e. The molecule has 9 heteroatoms. The number of alkyl halides is 3. The van der Waals surface area contributed by atoms with Gasteiger partial charge in [0.25, 0.3) is 0 Å². The number of carboxylic acid groups (broad SMARTS) is 1. The first-order valence-electron chi connectivity index (χ1n) is 5.58. The maximum absolute atomic E-state index is 12.4. The molecular weight excluding hydrogens is 269 g/mol. The van der Waals surface area contributed by atoms with Crippen LogP contribution < -0.4 is 10.6 Å². The van der Waals surface area contributed by atoms with Crippen LogP contribution in [-0.4, -0.2) is 41.7 Å². The van der Waals surface area contributed by atoms with E-state index in [2.05, 4.69) is 5.32 Å². The third-order valence-corrected chi connectivity index (χ3v) is 2.73. The molecule has 1 heterocycles. The lowest BCUT2D eigenvalue weighted by molar-refractivity contribution is -0.171. The summed E-state index contributed by atoms with van der Waals surface area (Å²) in [5.74, 6) is -4.06. The fourth-order valence-electron chi connectivity index (χ4n) is 1.72. The molecule has 3 N–H and O–H groups in total. The standard InChI is InChI=1S/C10H13F3N2O4/c11-10(12,13)6-2-1-5(9(19)15-6)8(18)14-4-3-7(16)17/h5-6H,1-4H2,(H,14,18)(H,15,19)(H,16,17)/t5-,6-/m0/s1. The molecule has 1 aliphatic rings. The highest BCUT2D eigenvalue weighted by atomic mass is 19.4. The number of carbonyl (C=O) groups excluding carboxylic acids is 2. The number of carbonyl (C=O) groups is 3. The van der Waals surface area contributed by atoms with Crippen LogP contribution >= 0.6 is 0 Å². The van der Waals surface area contributed by atoms with Gasteiger partial charge in [-0.15, -0.1) is 0 Å². The van der Waals surface area contributed by atoms with Crippen molar-refractivity contribution < 1.29 is 32.7 Å². The van der Waals surface area contributed by atoms with Crippen LogP contribution in [0.15, 0.2) is 0 Å². The minimum absolute atomic E-state index is 0.166. The van der Waals surface area contributed by atoms with Gasteiger partial charge in [0, 0.05) is 6.54 Å². The second kappa shape index (κ2) is 5.89. The molecule has 2 atom stereocenters. The Morgan fingerprint density at radius 2 is 2.00 bits per heavy atom. The maximum atomic E-state index is 12.4. The highest BCUT2D eigenvalue weighted by Crippen LogP contribution is 2.28. The summed E-state index contributed by atoms with van der Waals surface area (Å²) in [6, 6.07) is -1.93. The van der Waals surface area contributed by atoms with Gasteiger partial charge in [-0.3, -0.25) is 14.4 Å². The Hall–Kier alpha value is -1.80. The van der Waals surface area contributed by atoms with Gasteiger partial charge in [-0.05, 0) is 12.8 Å². The van der Waals surface area contributed by atoms with Crippen molar-refractivity contribution in [3.8, 4) is 0 Å². The number of rotatable bonds is 4. The molecule has 0 spiro atoms. The Labute approximate surface area is 106 Å². The molecule has 19 heavy (non-hydrogen) atoms. The molecule has 1 aliphatic heterocycles. The number of carboxylic acids is 1. The van der Waals surface area contributed by atoms with Gasteiger partial charge in [0.1, 0.15) is 12.0 Å². The molecule has 0 aromatic rings. The van der Waals surface area contributed by atoms with Crippen molar-refractivity contribution in [2.45, 2.75) is 31.5 Å². The quantitative estimate of drug-likeness (QED) is 0.634. The lowest BCUT2D eigenvalue weighted by atomic mass is 9.93. The molecule has 108 valence electrons. The monoisotopic (exact) mass is 282 g/mol. The molecular formula is C10H13F3N2O4. The largest absolute Gasteiger partial charge is 0.481 e. The average molecular weight is 282 g/mol. The van der Waals surface area contributed by atoms with Gasteiger partial charge in [0.2, 0.25) is 11.8 Å². The Morgan fingerprint density at radius 3 is 2.47 bits per heavy atom. The van der Waals surface area contributed by atoms with E-state index in [0.29, 0.717) is 0 Å². The molecule has 0 bridgehead atoms. The normalized spacial score (nSPS) is 23.6. The molecule has 0 aromatic heterocycles. The first-order chi connectivity index (χ1) is 8.71. The molecule has 0 saturated carbocycles. The summed E-state index contributed by atoms with van der Waals surface area (Å²) in [7, 11) is 0. The van der Waals surface area contributed by atoms with Gasteiger partial charge in [0.05, 0.1) is 6.42 Å². The number of nitrogens with one attached hydrogen (secondary N) is 2. The summed E-state index contributed by atoms with van der Waals surface area (Å²) >= 11 is 0. The van der Waals surface area contributed by atoms with Crippen LogP contribution in [0, 0.1) is 5.92 Å². The Morgan fingerprint density at radius 1 is 1.37 bits per heavy atom. The predicted molar refractivity (Wildman–Crippen MR) is 56.0 cm³/mol. The minimum atomic E-state index is -4.53. The third-order valence-electron chi connectivity index (χ3n) is 2.73. The molecule has 1 saturated heterocycles. The van der Waals surface area contributed by atoms with Gasteiger partial charge < -0.3 is 15.7 Å². The van der Waals surface area contributed by atoms with Crippen molar-refractivity contribution in [2.24, 2.45) is 5.92 Å². The van der Waals surface area contributed by atoms with Gasteiger partial charge >= 0.3 is 12.1 Å². The molecule has 1 rings (SSSR count). The summed E-state index contributed by atoms with van der Waals surface area (Å²) in [6.07, 6.45) is -5.42. The van der Waals surface area contributed by atoms with Crippen LogP contribution in [-0.2, 0) is 14.4 Å². The van der Waals surface area contributed by atoms with E-state index >= 15 is 0 Å². The van der Waals surface area contributed by atoms with Crippen molar-refractivity contribution in [3.63, 3.8) is 0 Å². The zero-order valence-electron chi connectivity index (χ0n) is 9.79. The lowest BCUT2D eigenvalue weighted by Gasteiger charge is -2.29. The van der Waals surface area contributed by atoms with E-state index in [1.165, 1.54) is 0 Å². The van der Waals surface area contributed by atoms with Crippen LogP contribution in [0.5, 0.6) is 0 Å². The molecule has 0 radical (unpaired) electrons. The number of halogens is 3. The summed E-state index contributed by atoms with van der Waals surface area (Å²) in [5.41, 5.74) is 0. The summed E-state index contributed by atoms with van der Waals surface area (Å²) < 4.78 is 37.1. The first kappa shape index (κ1) is 15.3. The number of hydrogen-bond donors (Lipinski definition) is 3. The molecule has 0 aromatic carbocycles. The number of piperidine rings is 1. The van der Waals surface area contributed by atoms with Crippen LogP contribution in [0.1, 0.15) is 19.3 Å². The van der Waals surface area contributed by atoms with Crippen LogP contribution in [0.4, 0.5) is 13.2 Å². The van der Waals surface area contributed by atoms with E-state index in [1.807, 2.05) is 0 Å². The Kier molecular flexibility index (Phi) is 4.73. The van der Waals surface area contributed by atoms with E-state index in [-0.39, 0.29) is 25.8 Å². The zero-order chi connectivity index (χ0) is 14.6. The van der Waals surface area contributed by atoms with Crippen LogP contribution in [0.25, 0.3) is 0 Å². The second-order valence-corrected chi connectivity index (χ2v) is 4.17.